The first kappa shape index (κ1) is 14.3. The van der Waals surface area contributed by atoms with Crippen LogP contribution in [-0.2, 0) is 9.84 Å². The lowest BCUT2D eigenvalue weighted by Crippen LogP contribution is -2.18. The maximum absolute atomic E-state index is 13.5. The molecule has 0 amide bonds. The second-order valence-corrected chi connectivity index (χ2v) is 7.10. The van der Waals surface area contributed by atoms with Gasteiger partial charge >= 0.3 is 0 Å². The van der Waals surface area contributed by atoms with E-state index in [1.807, 2.05) is 0 Å². The van der Waals surface area contributed by atoms with Crippen LogP contribution in [0.1, 0.15) is 24.4 Å². The number of halogens is 3. The van der Waals surface area contributed by atoms with Crippen molar-refractivity contribution in [3.8, 4) is 0 Å². The third-order valence-electron chi connectivity index (χ3n) is 3.38. The van der Waals surface area contributed by atoms with Crippen LogP contribution in [0.3, 0.4) is 0 Å². The van der Waals surface area contributed by atoms with Gasteiger partial charge in [0.05, 0.1) is 11.5 Å². The fourth-order valence-corrected chi connectivity index (χ4v) is 4.25. The van der Waals surface area contributed by atoms with E-state index in [9.17, 15) is 21.6 Å². The van der Waals surface area contributed by atoms with E-state index >= 15 is 0 Å². The van der Waals surface area contributed by atoms with Gasteiger partial charge < -0.3 is 5.73 Å². The first-order chi connectivity index (χ1) is 8.80. The molecule has 106 valence electrons. The van der Waals surface area contributed by atoms with Crippen LogP contribution in [-0.4, -0.2) is 19.9 Å². The minimum absolute atomic E-state index is 0.0198. The topological polar surface area (TPSA) is 60.2 Å². The number of rotatable bonds is 3. The molecule has 2 atom stereocenters. The van der Waals surface area contributed by atoms with E-state index in [0.29, 0.717) is 6.42 Å². The van der Waals surface area contributed by atoms with Crippen LogP contribution in [0.25, 0.3) is 0 Å². The van der Waals surface area contributed by atoms with Gasteiger partial charge in [-0.05, 0) is 24.8 Å². The van der Waals surface area contributed by atoms with Gasteiger partial charge in [0, 0.05) is 11.6 Å². The first-order valence-corrected chi connectivity index (χ1v) is 7.71. The maximum atomic E-state index is 13.5. The molecule has 1 saturated heterocycles. The molecule has 19 heavy (non-hydrogen) atoms. The summed E-state index contributed by atoms with van der Waals surface area (Å²) in [5.41, 5.74) is 5.64. The Hall–Kier alpha value is -1.08. The lowest BCUT2D eigenvalue weighted by molar-refractivity contribution is 0.420. The molecule has 1 fully saturated rings. The van der Waals surface area contributed by atoms with Crippen LogP contribution >= 0.6 is 0 Å². The predicted molar refractivity (Wildman–Crippen MR) is 64.6 cm³/mol. The molecule has 1 aromatic rings. The summed E-state index contributed by atoms with van der Waals surface area (Å²) in [7, 11) is -3.03. The molecule has 0 spiro atoms. The van der Waals surface area contributed by atoms with Crippen molar-refractivity contribution in [1.82, 2.24) is 0 Å². The normalized spacial score (nSPS) is 23.5. The summed E-state index contributed by atoms with van der Waals surface area (Å²) in [4.78, 5) is 0. The summed E-state index contributed by atoms with van der Waals surface area (Å²) in [6.07, 6.45) is 0.711. The van der Waals surface area contributed by atoms with Gasteiger partial charge in [0.15, 0.2) is 27.3 Å². The van der Waals surface area contributed by atoms with E-state index in [1.165, 1.54) is 0 Å². The Bertz CT molecular complexity index is 589. The highest BCUT2D eigenvalue weighted by Gasteiger charge is 2.30. The largest absolute Gasteiger partial charge is 0.324 e. The van der Waals surface area contributed by atoms with Crippen molar-refractivity contribution >= 4 is 9.84 Å². The van der Waals surface area contributed by atoms with Crippen molar-refractivity contribution in [2.75, 3.05) is 11.5 Å². The van der Waals surface area contributed by atoms with E-state index in [-0.39, 0.29) is 29.4 Å². The Morgan fingerprint density at radius 2 is 1.95 bits per heavy atom. The van der Waals surface area contributed by atoms with E-state index < -0.39 is 33.3 Å². The average molecular weight is 293 g/mol. The monoisotopic (exact) mass is 293 g/mol. The van der Waals surface area contributed by atoms with Gasteiger partial charge in [-0.3, -0.25) is 0 Å². The van der Waals surface area contributed by atoms with Gasteiger partial charge in [-0.25, -0.2) is 21.6 Å². The van der Waals surface area contributed by atoms with Gasteiger partial charge in [0.1, 0.15) is 0 Å². The lowest BCUT2D eigenvalue weighted by Gasteiger charge is -2.16. The van der Waals surface area contributed by atoms with Crippen molar-refractivity contribution < 1.29 is 21.6 Å². The number of benzene rings is 1. The molecule has 2 N–H and O–H groups in total. The van der Waals surface area contributed by atoms with Crippen molar-refractivity contribution in [3.63, 3.8) is 0 Å². The van der Waals surface area contributed by atoms with Gasteiger partial charge in [0.25, 0.3) is 0 Å². The zero-order valence-electron chi connectivity index (χ0n) is 10.1. The van der Waals surface area contributed by atoms with E-state index in [0.717, 1.165) is 12.1 Å². The third kappa shape index (κ3) is 3.09. The Morgan fingerprint density at radius 1 is 1.26 bits per heavy atom. The Labute approximate surface area is 109 Å². The summed E-state index contributed by atoms with van der Waals surface area (Å²) in [6, 6.07) is 1.08. The van der Waals surface area contributed by atoms with Gasteiger partial charge in [-0.15, -0.1) is 0 Å². The molecule has 0 saturated carbocycles. The summed E-state index contributed by atoms with van der Waals surface area (Å²) >= 11 is 0. The summed E-state index contributed by atoms with van der Waals surface area (Å²) in [6.45, 7) is 0. The van der Waals surface area contributed by atoms with E-state index in [4.69, 9.17) is 5.73 Å². The minimum atomic E-state index is -3.03. The SMILES string of the molecule is NC(CC1CCS(=O)(=O)C1)c1ccc(F)c(F)c1F. The standard InChI is InChI=1S/C12H14F3NO2S/c13-9-2-1-8(11(14)12(9)15)10(16)5-7-3-4-19(17,18)6-7/h1-2,7,10H,3-6,16H2. The smallest absolute Gasteiger partial charge is 0.194 e. The summed E-state index contributed by atoms with van der Waals surface area (Å²) < 4.78 is 62.0. The molecular formula is C12H14F3NO2S. The fraction of sp³-hybridized carbons (Fsp3) is 0.500. The summed E-state index contributed by atoms with van der Waals surface area (Å²) in [5.74, 6) is -4.15. The van der Waals surface area contributed by atoms with Crippen LogP contribution in [0.2, 0.25) is 0 Å². The minimum Gasteiger partial charge on any atom is -0.324 e. The van der Waals surface area contributed by atoms with Crippen LogP contribution in [0, 0.1) is 23.4 Å². The number of hydrogen-bond acceptors (Lipinski definition) is 3. The van der Waals surface area contributed by atoms with E-state index in [1.54, 1.807) is 0 Å². The van der Waals surface area contributed by atoms with Crippen molar-refractivity contribution in [1.29, 1.82) is 0 Å². The van der Waals surface area contributed by atoms with Gasteiger partial charge in [-0.2, -0.15) is 0 Å². The molecule has 1 aliphatic rings. The molecule has 2 unspecified atom stereocenters. The van der Waals surface area contributed by atoms with E-state index in [2.05, 4.69) is 0 Å². The van der Waals surface area contributed by atoms with Crippen LogP contribution in [0.5, 0.6) is 0 Å². The van der Waals surface area contributed by atoms with Crippen LogP contribution in [0.4, 0.5) is 13.2 Å². The fourth-order valence-electron chi connectivity index (χ4n) is 2.37. The lowest BCUT2D eigenvalue weighted by atomic mass is 9.94. The number of nitrogens with two attached hydrogens (primary N) is 1. The molecule has 0 aliphatic carbocycles. The van der Waals surface area contributed by atoms with Gasteiger partial charge in [0.2, 0.25) is 0 Å². The Morgan fingerprint density at radius 3 is 2.53 bits per heavy atom. The number of sulfone groups is 1. The highest BCUT2D eigenvalue weighted by molar-refractivity contribution is 7.91. The van der Waals surface area contributed by atoms with Crippen LogP contribution in [0.15, 0.2) is 12.1 Å². The second kappa shape index (κ2) is 5.13. The second-order valence-electron chi connectivity index (χ2n) is 4.88. The van der Waals surface area contributed by atoms with Crippen molar-refractivity contribution in [3.05, 3.63) is 35.1 Å². The molecule has 1 heterocycles. The Kier molecular flexibility index (Phi) is 3.87. The Balaban J connectivity index is 2.13. The zero-order valence-corrected chi connectivity index (χ0v) is 10.9. The maximum Gasteiger partial charge on any atom is 0.194 e. The highest BCUT2D eigenvalue weighted by atomic mass is 32.2. The molecule has 2 rings (SSSR count). The molecule has 3 nitrogen and oxygen atoms in total. The highest BCUT2D eigenvalue weighted by Crippen LogP contribution is 2.29. The molecule has 7 heteroatoms. The molecule has 1 aromatic carbocycles. The first-order valence-electron chi connectivity index (χ1n) is 5.89. The average Bonchev–Trinajstić information content (AvgIpc) is 2.65. The van der Waals surface area contributed by atoms with Crippen LogP contribution < -0.4 is 5.73 Å². The van der Waals surface area contributed by atoms with Crippen molar-refractivity contribution in [2.45, 2.75) is 18.9 Å². The molecular weight excluding hydrogens is 279 g/mol. The zero-order chi connectivity index (χ0) is 14.2. The quantitative estimate of drug-likeness (QED) is 0.866. The third-order valence-corrected chi connectivity index (χ3v) is 5.22. The molecule has 0 aromatic heterocycles. The molecule has 1 aliphatic heterocycles. The molecule has 0 radical (unpaired) electrons. The van der Waals surface area contributed by atoms with Crippen molar-refractivity contribution in [2.24, 2.45) is 11.7 Å². The number of hydrogen-bond donors (Lipinski definition) is 1. The molecule has 0 bridgehead atoms. The summed E-state index contributed by atoms with van der Waals surface area (Å²) in [5, 5.41) is 0. The predicted octanol–water partition coefficient (Wildman–Crippen LogP) is 1.93. The van der Waals surface area contributed by atoms with Gasteiger partial charge in [-0.1, -0.05) is 6.07 Å².